The molecule has 0 bridgehead atoms. The van der Waals surface area contributed by atoms with Crippen LogP contribution in [0.1, 0.15) is 94.0 Å². The number of aromatic nitrogens is 4. The number of likely N-dealkylation sites (tertiary alicyclic amines) is 1. The van der Waals surface area contributed by atoms with E-state index in [0.717, 1.165) is 48.2 Å². The van der Waals surface area contributed by atoms with Gasteiger partial charge in [-0.05, 0) is 108 Å². The topological polar surface area (TPSA) is 190 Å². The van der Waals surface area contributed by atoms with Crippen molar-refractivity contribution >= 4 is 23.7 Å². The van der Waals surface area contributed by atoms with E-state index in [0.29, 0.717) is 63.0 Å². The number of aromatic amines is 1. The van der Waals surface area contributed by atoms with Gasteiger partial charge in [-0.15, -0.1) is 0 Å². The normalized spacial score (nSPS) is 14.4. The Kier molecular flexibility index (Phi) is 15.4. The molecule has 57 heavy (non-hydrogen) atoms. The van der Waals surface area contributed by atoms with Crippen LogP contribution in [0.15, 0.2) is 73.1 Å². The maximum absolute atomic E-state index is 13.6. The van der Waals surface area contributed by atoms with Crippen LogP contribution in [0.2, 0.25) is 0 Å². The number of H-pyrrole nitrogens is 1. The highest BCUT2D eigenvalue weighted by Crippen LogP contribution is 2.36. The second kappa shape index (κ2) is 20.6. The number of rotatable bonds is 20. The van der Waals surface area contributed by atoms with Crippen molar-refractivity contribution in [3.05, 3.63) is 90.0 Å². The Morgan fingerprint density at radius 2 is 1.63 bits per heavy atom. The second-order valence-corrected chi connectivity index (χ2v) is 15.1. The van der Waals surface area contributed by atoms with Crippen molar-refractivity contribution in [1.29, 1.82) is 0 Å². The molecule has 1 unspecified atom stereocenters. The fourth-order valence-corrected chi connectivity index (χ4v) is 6.41. The maximum Gasteiger partial charge on any atom is 0.410 e. The molecule has 306 valence electrons. The summed E-state index contributed by atoms with van der Waals surface area (Å²) in [5.74, 6) is 0.709. The van der Waals surface area contributed by atoms with Crippen LogP contribution < -0.4 is 15.4 Å². The number of hydrogen-bond acceptors (Lipinski definition) is 11. The molecule has 4 aromatic rings. The van der Waals surface area contributed by atoms with Crippen molar-refractivity contribution < 1.29 is 38.4 Å². The van der Waals surface area contributed by atoms with Gasteiger partial charge >= 0.3 is 12.1 Å². The Labute approximate surface area is 333 Å². The fourth-order valence-electron chi connectivity index (χ4n) is 6.41. The number of aliphatic carboxylic acids is 1. The number of ether oxygens (including phenoxy) is 4. The van der Waals surface area contributed by atoms with Crippen molar-refractivity contribution in [2.24, 2.45) is 0 Å². The molecule has 5 rings (SSSR count). The molecule has 2 aromatic heterocycles. The number of pyridine rings is 1. The molecule has 1 aliphatic heterocycles. The first-order chi connectivity index (χ1) is 27.4. The molecule has 15 heteroatoms. The smallest absolute Gasteiger partial charge is 0.410 e. The van der Waals surface area contributed by atoms with Crippen LogP contribution in [0.25, 0.3) is 11.4 Å². The number of anilines is 1. The van der Waals surface area contributed by atoms with Crippen molar-refractivity contribution in [3.8, 4) is 17.1 Å². The van der Waals surface area contributed by atoms with E-state index in [9.17, 15) is 14.4 Å². The summed E-state index contributed by atoms with van der Waals surface area (Å²) in [7, 11) is 0. The SMILES string of the molecule is CC(NC(=O)c1cccc(NC2(c3nc(-c4ccncc4)n[nH]3)CCN(C(=O)OC(C)(C)C)CC2)c1)c1cccc(OCCCCCCOCCOCC(=O)O)c1. The number of nitrogens with zero attached hydrogens (tertiary/aromatic N) is 4. The summed E-state index contributed by atoms with van der Waals surface area (Å²) in [4.78, 5) is 47.7. The average Bonchev–Trinajstić information content (AvgIpc) is 3.70. The molecule has 4 N–H and O–H groups in total. The summed E-state index contributed by atoms with van der Waals surface area (Å²) in [5.41, 5.74) is 1.66. The third kappa shape index (κ3) is 13.3. The highest BCUT2D eigenvalue weighted by atomic mass is 16.6. The van der Waals surface area contributed by atoms with Gasteiger partial charge in [0.15, 0.2) is 11.6 Å². The number of carboxylic acid groups (broad SMARTS) is 1. The van der Waals surface area contributed by atoms with Crippen LogP contribution >= 0.6 is 0 Å². The Hall–Kier alpha value is -5.54. The van der Waals surface area contributed by atoms with Crippen LogP contribution in [0, 0.1) is 0 Å². The van der Waals surface area contributed by atoms with Gasteiger partial charge in [0.25, 0.3) is 5.91 Å². The molecule has 1 aliphatic rings. The average molecular weight is 786 g/mol. The number of amides is 2. The van der Waals surface area contributed by atoms with E-state index in [2.05, 4.69) is 25.8 Å². The maximum atomic E-state index is 13.6. The lowest BCUT2D eigenvalue weighted by Gasteiger charge is -2.41. The van der Waals surface area contributed by atoms with Crippen molar-refractivity contribution in [2.45, 2.75) is 83.4 Å². The van der Waals surface area contributed by atoms with Gasteiger partial charge in [0.05, 0.1) is 25.9 Å². The zero-order chi connectivity index (χ0) is 40.7. The second-order valence-electron chi connectivity index (χ2n) is 15.1. The van der Waals surface area contributed by atoms with Gasteiger partial charge in [-0.25, -0.2) is 14.6 Å². The lowest BCUT2D eigenvalue weighted by atomic mass is 9.86. The summed E-state index contributed by atoms with van der Waals surface area (Å²) in [6.07, 6.45) is 7.88. The first-order valence-electron chi connectivity index (χ1n) is 19.5. The summed E-state index contributed by atoms with van der Waals surface area (Å²) < 4.78 is 22.1. The Morgan fingerprint density at radius 3 is 2.37 bits per heavy atom. The lowest BCUT2D eigenvalue weighted by molar-refractivity contribution is -0.142. The third-order valence-corrected chi connectivity index (χ3v) is 9.41. The molecule has 2 amide bonds. The first kappa shape index (κ1) is 42.6. The highest BCUT2D eigenvalue weighted by molar-refractivity contribution is 5.95. The molecule has 0 aliphatic carbocycles. The minimum absolute atomic E-state index is 0.220. The summed E-state index contributed by atoms with van der Waals surface area (Å²) >= 11 is 0. The highest BCUT2D eigenvalue weighted by Gasteiger charge is 2.41. The first-order valence-corrected chi connectivity index (χ1v) is 19.5. The zero-order valence-electron chi connectivity index (χ0n) is 33.3. The van der Waals surface area contributed by atoms with Gasteiger partial charge in [0.2, 0.25) is 0 Å². The summed E-state index contributed by atoms with van der Waals surface area (Å²) in [6.45, 7) is 9.89. The monoisotopic (exact) mass is 785 g/mol. The number of unbranched alkanes of at least 4 members (excludes halogenated alkanes) is 3. The van der Waals surface area contributed by atoms with E-state index in [-0.39, 0.29) is 31.3 Å². The molecule has 15 nitrogen and oxygen atoms in total. The van der Waals surface area contributed by atoms with Gasteiger partial charge < -0.3 is 39.6 Å². The van der Waals surface area contributed by atoms with E-state index in [1.54, 1.807) is 23.4 Å². The largest absolute Gasteiger partial charge is 0.494 e. The number of nitrogens with one attached hydrogen (secondary N) is 3. The van der Waals surface area contributed by atoms with Gasteiger partial charge in [-0.3, -0.25) is 14.9 Å². The molecule has 3 heterocycles. The van der Waals surface area contributed by atoms with Crippen molar-refractivity contribution in [3.63, 3.8) is 0 Å². The van der Waals surface area contributed by atoms with E-state index < -0.39 is 17.1 Å². The number of carboxylic acids is 1. The van der Waals surface area contributed by atoms with Gasteiger partial charge in [0.1, 0.15) is 23.5 Å². The third-order valence-electron chi connectivity index (χ3n) is 9.41. The number of hydrogen-bond donors (Lipinski definition) is 4. The van der Waals surface area contributed by atoms with Crippen LogP contribution in [0.4, 0.5) is 10.5 Å². The molecule has 0 spiro atoms. The fraction of sp³-hybridized carbons (Fsp3) is 0.476. The quantitative estimate of drug-likeness (QED) is 0.0691. The minimum atomic E-state index is -0.986. The number of piperidine rings is 1. The molecule has 0 radical (unpaired) electrons. The zero-order valence-corrected chi connectivity index (χ0v) is 33.3. The molecular formula is C42H55N7O8. The van der Waals surface area contributed by atoms with E-state index in [1.807, 2.05) is 82.3 Å². The predicted molar refractivity (Wildman–Crippen MR) is 214 cm³/mol. The molecule has 1 atom stereocenters. The Balaban J connectivity index is 1.15. The Bertz CT molecular complexity index is 1890. The van der Waals surface area contributed by atoms with Crippen molar-refractivity contribution in [1.82, 2.24) is 30.4 Å². The standard InChI is InChI=1S/C42H55N7O8/c1-30(32-11-10-14-35(28-32)56-24-8-6-5-7-23-54-25-26-55-29-36(50)51)44-38(52)33-12-9-13-34(27-33)46-42(17-21-49(22-18-42)40(53)57-41(2,3)4)39-45-37(47-48-39)31-15-19-43-20-16-31/h9-16,19-20,27-28,30,46H,5-8,17-18,21-26,29H2,1-4H3,(H,44,52)(H,50,51)(H,45,47,48). The molecule has 1 saturated heterocycles. The Morgan fingerprint density at radius 1 is 0.912 bits per heavy atom. The van der Waals surface area contributed by atoms with Crippen LogP contribution in [0.5, 0.6) is 5.75 Å². The molecule has 0 saturated carbocycles. The van der Waals surface area contributed by atoms with Crippen LogP contribution in [-0.2, 0) is 24.5 Å². The van der Waals surface area contributed by atoms with Gasteiger partial charge in [-0.1, -0.05) is 24.6 Å². The molecular weight excluding hydrogens is 731 g/mol. The number of carbonyl (C=O) groups excluding carboxylic acids is 2. The lowest BCUT2D eigenvalue weighted by Crippen LogP contribution is -2.50. The van der Waals surface area contributed by atoms with Crippen molar-refractivity contribution in [2.75, 3.05) is 51.4 Å². The molecule has 2 aromatic carbocycles. The van der Waals surface area contributed by atoms with E-state index >= 15 is 0 Å². The van der Waals surface area contributed by atoms with Gasteiger partial charge in [0, 0.05) is 48.9 Å². The number of carbonyl (C=O) groups is 3. The van der Waals surface area contributed by atoms with Gasteiger partial charge in [-0.2, -0.15) is 5.10 Å². The van der Waals surface area contributed by atoms with Crippen LogP contribution in [0.3, 0.4) is 0 Å². The number of benzene rings is 2. The van der Waals surface area contributed by atoms with E-state index in [4.69, 9.17) is 29.0 Å². The summed E-state index contributed by atoms with van der Waals surface area (Å²) in [6, 6.07) is 18.5. The molecule has 1 fully saturated rings. The minimum Gasteiger partial charge on any atom is -0.494 e. The van der Waals surface area contributed by atoms with E-state index in [1.165, 1.54) is 0 Å². The predicted octanol–water partition coefficient (Wildman–Crippen LogP) is 6.75. The summed E-state index contributed by atoms with van der Waals surface area (Å²) in [5, 5.41) is 23.0. The van der Waals surface area contributed by atoms with Crippen LogP contribution in [-0.4, -0.2) is 99.9 Å².